The molecule has 1 aromatic carbocycles. The summed E-state index contributed by atoms with van der Waals surface area (Å²) in [6.07, 6.45) is -14.2. The molecule has 0 fully saturated rings. The molecule has 1 atom stereocenters. The van der Waals surface area contributed by atoms with Crippen LogP contribution >= 0.6 is 0 Å². The van der Waals surface area contributed by atoms with Crippen LogP contribution in [0.5, 0.6) is 5.75 Å². The predicted molar refractivity (Wildman–Crippen MR) is 79.8 cm³/mol. The number of carbonyl (C=O) groups excluding carboxylic acids is 1. The molecule has 0 saturated heterocycles. The third-order valence-electron chi connectivity index (χ3n) is 2.81. The number of benzene rings is 1. The van der Waals surface area contributed by atoms with Crippen LogP contribution in [0.1, 0.15) is 19.4 Å². The van der Waals surface area contributed by atoms with Gasteiger partial charge in [0.05, 0.1) is 0 Å². The van der Waals surface area contributed by atoms with Crippen LogP contribution in [0.15, 0.2) is 29.8 Å². The second kappa shape index (κ2) is 8.12. The van der Waals surface area contributed by atoms with Crippen molar-refractivity contribution in [3.63, 3.8) is 0 Å². The molecule has 142 valence electrons. The molecule has 0 aromatic heterocycles. The van der Waals surface area contributed by atoms with Crippen molar-refractivity contribution in [1.82, 2.24) is 5.32 Å². The first-order valence-corrected chi connectivity index (χ1v) is 7.17. The van der Waals surface area contributed by atoms with Gasteiger partial charge in [-0.25, -0.2) is 4.39 Å². The molecule has 0 aliphatic heterocycles. The third-order valence-corrected chi connectivity index (χ3v) is 2.81. The quantitative estimate of drug-likeness (QED) is 0.461. The van der Waals surface area contributed by atoms with E-state index in [1.165, 1.54) is 0 Å². The third kappa shape index (κ3) is 5.98. The molecule has 0 heterocycles. The Labute approximate surface area is 145 Å². The van der Waals surface area contributed by atoms with Crippen molar-refractivity contribution >= 4 is 12.0 Å². The Morgan fingerprint density at radius 3 is 2.15 bits per heavy atom. The van der Waals surface area contributed by atoms with Gasteiger partial charge in [-0.3, -0.25) is 4.79 Å². The molecule has 1 amide bonds. The van der Waals surface area contributed by atoms with Gasteiger partial charge in [-0.2, -0.15) is 27.2 Å². The van der Waals surface area contributed by atoms with Crippen LogP contribution in [0.2, 0.25) is 0 Å². The fourth-order valence-corrected chi connectivity index (χ4v) is 1.69. The van der Waals surface area contributed by atoms with E-state index in [1.54, 1.807) is 19.9 Å². The van der Waals surface area contributed by atoms with Gasteiger partial charge in [-0.1, -0.05) is 12.1 Å². The van der Waals surface area contributed by atoms with Crippen LogP contribution in [-0.2, 0) is 4.79 Å². The van der Waals surface area contributed by atoms with E-state index in [0.717, 1.165) is 30.3 Å². The van der Waals surface area contributed by atoms with Crippen LogP contribution in [0, 0.1) is 11.3 Å². The first-order chi connectivity index (χ1) is 11.9. The first-order valence-electron chi connectivity index (χ1n) is 7.17. The fraction of sp³-hybridized carbons (Fsp3) is 0.375. The van der Waals surface area contributed by atoms with Crippen LogP contribution in [0.3, 0.4) is 0 Å². The zero-order valence-electron chi connectivity index (χ0n) is 13.6. The van der Waals surface area contributed by atoms with E-state index in [1.807, 2.05) is 0 Å². The van der Waals surface area contributed by atoms with Crippen molar-refractivity contribution in [2.24, 2.45) is 0 Å². The molecule has 0 spiro atoms. The average Bonchev–Trinajstić information content (AvgIpc) is 2.51. The van der Waals surface area contributed by atoms with Gasteiger partial charge < -0.3 is 10.1 Å². The second-order valence-electron chi connectivity index (χ2n) is 5.44. The molecule has 0 aliphatic rings. The maximum absolute atomic E-state index is 13.2. The van der Waals surface area contributed by atoms with Crippen LogP contribution in [0.4, 0.5) is 26.3 Å². The zero-order chi connectivity index (χ0) is 20.1. The largest absolute Gasteiger partial charge is 0.439 e. The van der Waals surface area contributed by atoms with E-state index in [-0.39, 0.29) is 17.2 Å². The topological polar surface area (TPSA) is 62.1 Å². The van der Waals surface area contributed by atoms with Crippen LogP contribution < -0.4 is 10.1 Å². The van der Waals surface area contributed by atoms with Crippen molar-refractivity contribution in [2.75, 3.05) is 0 Å². The van der Waals surface area contributed by atoms with Gasteiger partial charge >= 0.3 is 12.3 Å². The Hall–Kier alpha value is -2.70. The zero-order valence-corrected chi connectivity index (χ0v) is 13.6. The number of nitrogens with one attached hydrogen (secondary N) is 1. The summed E-state index contributed by atoms with van der Waals surface area (Å²) in [6, 6.07) is 5.39. The molecule has 10 heteroatoms. The number of amides is 1. The van der Waals surface area contributed by atoms with Crippen molar-refractivity contribution in [2.45, 2.75) is 38.3 Å². The fourth-order valence-electron chi connectivity index (χ4n) is 1.69. The maximum Gasteiger partial charge on any atom is 0.439 e. The number of hydrogen-bond donors (Lipinski definition) is 1. The van der Waals surface area contributed by atoms with E-state index >= 15 is 0 Å². The Bertz CT molecular complexity index is 705. The number of nitrogens with zero attached hydrogens (tertiary/aromatic N) is 1. The number of rotatable bonds is 6. The first kappa shape index (κ1) is 21.3. The minimum absolute atomic E-state index is 0.223. The van der Waals surface area contributed by atoms with E-state index in [2.05, 4.69) is 10.1 Å². The summed E-state index contributed by atoms with van der Waals surface area (Å²) < 4.78 is 79.0. The molecule has 26 heavy (non-hydrogen) atoms. The molecular formula is C16H14F6N2O2. The minimum atomic E-state index is -5.78. The van der Waals surface area contributed by atoms with Gasteiger partial charge in [0.1, 0.15) is 17.4 Å². The summed E-state index contributed by atoms with van der Waals surface area (Å²) in [5.41, 5.74) is -0.0395. The molecule has 1 N–H and O–H groups in total. The highest BCUT2D eigenvalue weighted by Gasteiger charge is 2.59. The van der Waals surface area contributed by atoms with Crippen molar-refractivity contribution < 1.29 is 35.9 Å². The summed E-state index contributed by atoms with van der Waals surface area (Å²) >= 11 is 0. The van der Waals surface area contributed by atoms with Gasteiger partial charge in [0.25, 0.3) is 12.1 Å². The molecular weight excluding hydrogens is 366 g/mol. The highest BCUT2D eigenvalue weighted by molar-refractivity contribution is 6.01. The average molecular weight is 380 g/mol. The lowest BCUT2D eigenvalue weighted by Gasteiger charge is -2.23. The molecule has 1 aromatic rings. The lowest BCUT2D eigenvalue weighted by atomic mass is 10.1. The Balaban J connectivity index is 2.94. The molecule has 4 nitrogen and oxygen atoms in total. The summed E-state index contributed by atoms with van der Waals surface area (Å²) in [4.78, 5) is 11.7. The lowest BCUT2D eigenvalue weighted by molar-refractivity contribution is -0.304. The van der Waals surface area contributed by atoms with Gasteiger partial charge in [0, 0.05) is 6.04 Å². The van der Waals surface area contributed by atoms with Gasteiger partial charge in [-0.05, 0) is 37.6 Å². The van der Waals surface area contributed by atoms with Gasteiger partial charge in [-0.15, -0.1) is 0 Å². The number of ether oxygens (including phenoxy) is 1. The van der Waals surface area contributed by atoms with E-state index in [4.69, 9.17) is 5.26 Å². The SMILES string of the molecule is CC(C)NC(=O)/C(C#N)=C/c1ccc(OC(F)(F)[C@H](F)C(F)(F)F)cc1. The molecule has 0 unspecified atom stereocenters. The number of carbonyl (C=O) groups is 1. The monoisotopic (exact) mass is 380 g/mol. The summed E-state index contributed by atoms with van der Waals surface area (Å²) in [7, 11) is 0. The smallest absolute Gasteiger partial charge is 0.430 e. The van der Waals surface area contributed by atoms with Gasteiger partial charge in [0.2, 0.25) is 0 Å². The predicted octanol–water partition coefficient (Wildman–Crippen LogP) is 3.99. The molecule has 0 aliphatic carbocycles. The highest BCUT2D eigenvalue weighted by atomic mass is 19.4. The van der Waals surface area contributed by atoms with Crippen LogP contribution in [0.25, 0.3) is 6.08 Å². The number of halogens is 6. The van der Waals surface area contributed by atoms with Crippen molar-refractivity contribution in [3.8, 4) is 11.8 Å². The van der Waals surface area contributed by atoms with Gasteiger partial charge in [0.15, 0.2) is 0 Å². The Kier molecular flexibility index (Phi) is 6.66. The minimum Gasteiger partial charge on any atom is -0.430 e. The van der Waals surface area contributed by atoms with Crippen molar-refractivity contribution in [1.29, 1.82) is 5.26 Å². The summed E-state index contributed by atoms with van der Waals surface area (Å²) in [5, 5.41) is 11.4. The molecule has 0 radical (unpaired) electrons. The van der Waals surface area contributed by atoms with Crippen molar-refractivity contribution in [3.05, 3.63) is 35.4 Å². The molecule has 0 saturated carbocycles. The summed E-state index contributed by atoms with van der Waals surface area (Å²) in [5.74, 6) is -1.37. The summed E-state index contributed by atoms with van der Waals surface area (Å²) in [6.45, 7) is 3.36. The number of nitriles is 1. The molecule has 0 bridgehead atoms. The lowest BCUT2D eigenvalue weighted by Crippen LogP contribution is -2.45. The van der Waals surface area contributed by atoms with E-state index in [0.29, 0.717) is 0 Å². The number of hydrogen-bond acceptors (Lipinski definition) is 3. The second-order valence-corrected chi connectivity index (χ2v) is 5.44. The normalized spacial score (nSPS) is 13.9. The standard InChI is InChI=1S/C16H14F6N2O2/c1-9(2)24-13(25)11(8-23)7-10-3-5-12(6-4-10)26-16(21,22)14(17)15(18,19)20/h3-7,9,14H,1-2H3,(H,24,25)/b11-7+/t14-/m1/s1. The Morgan fingerprint density at radius 1 is 1.19 bits per heavy atom. The van der Waals surface area contributed by atoms with Crippen LogP contribution in [-0.4, -0.2) is 30.4 Å². The highest BCUT2D eigenvalue weighted by Crippen LogP contribution is 2.36. The maximum atomic E-state index is 13.2. The molecule has 1 rings (SSSR count). The van der Waals surface area contributed by atoms with E-state index < -0.39 is 30.1 Å². The number of alkyl halides is 6. The van der Waals surface area contributed by atoms with E-state index in [9.17, 15) is 31.1 Å². The Morgan fingerprint density at radius 2 is 1.73 bits per heavy atom.